The average molecular weight is 1150 g/mol. The Morgan fingerprint density at radius 3 is 0.843 bits per heavy atom. The van der Waals surface area contributed by atoms with Gasteiger partial charge < -0.3 is 52.2 Å². The van der Waals surface area contributed by atoms with Crippen LogP contribution in [0.15, 0.2) is 200 Å². The van der Waals surface area contributed by atoms with Gasteiger partial charge in [-0.2, -0.15) is 0 Å². The molecule has 0 aliphatic carbocycles. The molecule has 3 aromatic heterocycles. The molecule has 346 valence electrons. The van der Waals surface area contributed by atoms with Crippen LogP contribution in [0.5, 0.6) is 0 Å². The number of aromatic nitrogens is 3. The van der Waals surface area contributed by atoms with Gasteiger partial charge in [-0.05, 0) is 150 Å². The van der Waals surface area contributed by atoms with Gasteiger partial charge in [-0.15, -0.1) is 11.0 Å². The Bertz CT molecular complexity index is 3600. The summed E-state index contributed by atoms with van der Waals surface area (Å²) < 4.78 is 0. The zero-order valence-electron chi connectivity index (χ0n) is 39.3. The summed E-state index contributed by atoms with van der Waals surface area (Å²) in [7, 11) is 0. The molecule has 0 aliphatic rings. The summed E-state index contributed by atoms with van der Waals surface area (Å²) in [5.41, 5.74) is 20.1. The van der Waals surface area contributed by atoms with Crippen molar-refractivity contribution < 1.29 is 58.3 Å². The van der Waals surface area contributed by atoms with Gasteiger partial charge in [-0.3, -0.25) is 0 Å². The van der Waals surface area contributed by atoms with E-state index in [1.807, 2.05) is 18.2 Å². The first kappa shape index (κ1) is 51.3. The van der Waals surface area contributed by atoms with Gasteiger partial charge >= 0.3 is 21.1 Å². The van der Waals surface area contributed by atoms with E-state index in [1.165, 1.54) is 27.8 Å². The van der Waals surface area contributed by atoms with Gasteiger partial charge in [0.2, 0.25) is 0 Å². The monoisotopic (exact) mass is 1150 g/mol. The summed E-state index contributed by atoms with van der Waals surface area (Å²) in [6.07, 6.45) is 0. The third kappa shape index (κ3) is 9.40. The van der Waals surface area contributed by atoms with E-state index in [0.29, 0.717) is 0 Å². The third-order valence-electron chi connectivity index (χ3n) is 13.0. The van der Waals surface area contributed by atoms with Crippen LogP contribution < -0.4 is 52.2 Å². The first-order valence-electron chi connectivity index (χ1n) is 22.8. The first-order chi connectivity index (χ1) is 32.3. The molecule has 0 fully saturated rings. The quantitative estimate of drug-likeness (QED) is 0.172. The predicted octanol–water partition coefficient (Wildman–Crippen LogP) is 7.51. The van der Waals surface area contributed by atoms with Crippen LogP contribution in [0.1, 0.15) is 27.8 Å². The molecule has 0 radical (unpaired) electrons. The molecule has 70 heavy (non-hydrogen) atoms. The van der Waals surface area contributed by atoms with E-state index in [0.717, 1.165) is 110 Å². The van der Waals surface area contributed by atoms with E-state index in [9.17, 15) is 0 Å². The Labute approximate surface area is 442 Å². The number of hydrogen-bond donors (Lipinski definition) is 0. The Morgan fingerprint density at radius 2 is 0.529 bits per heavy atom. The van der Waals surface area contributed by atoms with Gasteiger partial charge in [0, 0.05) is 46.2 Å². The van der Waals surface area contributed by atoms with Gasteiger partial charge in [-0.1, -0.05) is 143 Å². The van der Waals surface area contributed by atoms with Gasteiger partial charge in [0.1, 0.15) is 0 Å². The van der Waals surface area contributed by atoms with E-state index < -0.39 is 0 Å². The molecule has 3 heterocycles. The Balaban J connectivity index is 0.000000606. The number of hydrogen-bond acceptors (Lipinski definition) is 0. The topological polar surface area (TPSA) is 42.3 Å². The first-order valence-corrected chi connectivity index (χ1v) is 22.8. The summed E-state index contributed by atoms with van der Waals surface area (Å²) in [6.45, 7) is 10.7. The molecule has 0 atom stereocenters. The van der Waals surface area contributed by atoms with Crippen LogP contribution in [0.25, 0.3) is 110 Å². The maximum atomic E-state index is 5.87. The fourth-order valence-corrected chi connectivity index (χ4v) is 9.51. The molecule has 6 bridgehead atoms. The molecule has 7 heteroatoms. The van der Waals surface area contributed by atoms with Crippen molar-refractivity contribution in [2.75, 3.05) is 0 Å². The molecule has 0 saturated heterocycles. The number of aryl methyl sites for hydroxylation is 5. The second-order valence-electron chi connectivity index (χ2n) is 17.7. The summed E-state index contributed by atoms with van der Waals surface area (Å²) in [6, 6.07) is 71.9. The number of rotatable bonds is 4. The summed E-state index contributed by atoms with van der Waals surface area (Å²) in [5, 5.41) is 6.51. The predicted molar refractivity (Wildman–Crippen MR) is 281 cm³/mol. The molecular formula is C63H48Cl3N3Pt. The van der Waals surface area contributed by atoms with E-state index in [-0.39, 0.29) is 58.3 Å². The van der Waals surface area contributed by atoms with Crippen LogP contribution in [0.2, 0.25) is 0 Å². The van der Waals surface area contributed by atoms with Crippen molar-refractivity contribution in [3.05, 3.63) is 228 Å². The van der Waals surface area contributed by atoms with Crippen molar-refractivity contribution >= 4 is 65.4 Å². The van der Waals surface area contributed by atoms with Crippen LogP contribution in [-0.4, -0.2) is 0 Å². The van der Waals surface area contributed by atoms with Crippen molar-refractivity contribution in [1.82, 2.24) is 15.0 Å². The molecule has 0 aliphatic heterocycles. The Hall–Kier alpha value is -6.58. The minimum absolute atomic E-state index is 0. The van der Waals surface area contributed by atoms with E-state index >= 15 is 0 Å². The van der Waals surface area contributed by atoms with E-state index in [4.69, 9.17) is 15.0 Å². The summed E-state index contributed by atoms with van der Waals surface area (Å²) in [4.78, 5) is 17.5. The molecule has 12 rings (SSSR count). The molecule has 0 spiro atoms. The minimum Gasteiger partial charge on any atom is -1.00 e. The molecular weight excluding hydrogens is 1100 g/mol. The van der Waals surface area contributed by atoms with Gasteiger partial charge in [0.25, 0.3) is 0 Å². The average Bonchev–Trinajstić information content (AvgIpc) is 4.03. The van der Waals surface area contributed by atoms with Crippen LogP contribution in [0.4, 0.5) is 0 Å². The minimum atomic E-state index is 0. The Kier molecular flexibility index (Phi) is 15.8. The number of halogens is 3. The maximum Gasteiger partial charge on any atom is 4.00 e. The van der Waals surface area contributed by atoms with Gasteiger partial charge in [-0.25, -0.2) is 0 Å². The molecule has 0 amide bonds. The van der Waals surface area contributed by atoms with Crippen LogP contribution in [0.3, 0.4) is 0 Å². The fourth-order valence-electron chi connectivity index (χ4n) is 9.51. The second-order valence-corrected chi connectivity index (χ2v) is 17.7. The fraction of sp³-hybridized carbons (Fsp3) is 0.0794. The van der Waals surface area contributed by atoms with Gasteiger partial charge in [0.15, 0.2) is 0 Å². The zero-order chi connectivity index (χ0) is 44.9. The summed E-state index contributed by atoms with van der Waals surface area (Å²) in [5.74, 6) is 0. The van der Waals surface area contributed by atoms with Crippen LogP contribution >= 0.6 is 0 Å². The standard InChI is InChI=1S/C56H40N3.C7H8.3ClH.Pt/c1-33-17-25-37(26-18-33)47-48(38-27-19-34(2)20-28-38)52-42-12-6-8-14-44(42)54(58-52)50(40-31-23-36(4)24-32-40)56-46-16-10-9-15-45(46)55(59-56)49(39-29-21-35(3)22-30-39)53-43-13-7-5-11-41(43)51(47)57-53;1-7-5-3-2-4-6-7;;;;/h5-32H,1-4H3;2-6H,1H3;3*1H;/q-1;;;;;+4/p-3. The normalized spacial score (nSPS) is 10.8. The van der Waals surface area contributed by atoms with Crippen LogP contribution in [-0.2, 0) is 21.1 Å². The van der Waals surface area contributed by atoms with Crippen molar-refractivity contribution in [2.45, 2.75) is 34.6 Å². The van der Waals surface area contributed by atoms with Crippen molar-refractivity contribution in [3.8, 4) is 44.5 Å². The third-order valence-corrected chi connectivity index (χ3v) is 13.0. The maximum absolute atomic E-state index is 5.87. The second kappa shape index (κ2) is 21.6. The smallest absolute Gasteiger partial charge is 1.00 e. The molecule has 9 aromatic carbocycles. The molecule has 3 nitrogen and oxygen atoms in total. The van der Waals surface area contributed by atoms with Crippen molar-refractivity contribution in [3.63, 3.8) is 0 Å². The van der Waals surface area contributed by atoms with Crippen molar-refractivity contribution in [1.29, 1.82) is 0 Å². The zero-order valence-corrected chi connectivity index (χ0v) is 43.9. The molecule has 0 unspecified atom stereocenters. The Morgan fingerprint density at radius 1 is 0.271 bits per heavy atom. The largest absolute Gasteiger partial charge is 4.00 e. The van der Waals surface area contributed by atoms with E-state index in [2.05, 4.69) is 217 Å². The molecule has 0 N–H and O–H groups in total. The summed E-state index contributed by atoms with van der Waals surface area (Å²) >= 11 is 0. The number of benzene rings is 8. The number of nitrogens with zero attached hydrogens (tertiary/aromatic N) is 3. The molecule has 0 saturated carbocycles. The molecule has 12 aromatic rings. The van der Waals surface area contributed by atoms with Crippen LogP contribution in [0, 0.1) is 34.6 Å². The van der Waals surface area contributed by atoms with Gasteiger partial charge in [0.05, 0.1) is 21.9 Å². The van der Waals surface area contributed by atoms with E-state index in [1.54, 1.807) is 0 Å². The SMILES string of the molecule is Cc1ccc(-c2c(-c3ccc(C)cc3)c3[n-]c(c4ccccc34)[c+](-c3ccc(C)cc3)c3[n-]c(c4ccccc43)[c+](-c3ccc(C)cc3)c3[n-]c2c2ccccc23)cc1.Cc1ccccc1.[Cl-].[Cl-].[Cl-].[Pt+4]. The van der Waals surface area contributed by atoms with Crippen molar-refractivity contribution in [2.24, 2.45) is 0 Å².